The van der Waals surface area contributed by atoms with E-state index >= 15 is 0 Å². The van der Waals surface area contributed by atoms with Crippen LogP contribution in [0, 0.1) is 23.2 Å². The van der Waals surface area contributed by atoms with Crippen molar-refractivity contribution in [2.75, 3.05) is 13.1 Å². The van der Waals surface area contributed by atoms with Crippen LogP contribution < -0.4 is 0 Å². The van der Waals surface area contributed by atoms with Gasteiger partial charge < -0.3 is 4.90 Å². The minimum Gasteiger partial charge on any atom is -0.329 e. The molecule has 1 saturated heterocycles. The molecule has 1 rings (SSSR count). The van der Waals surface area contributed by atoms with Gasteiger partial charge in [-0.3, -0.25) is 4.79 Å². The van der Waals surface area contributed by atoms with E-state index < -0.39 is 0 Å². The highest BCUT2D eigenvalue weighted by Crippen LogP contribution is 2.29. The summed E-state index contributed by atoms with van der Waals surface area (Å²) in [5.41, 5.74) is 0.119. The summed E-state index contributed by atoms with van der Waals surface area (Å²) in [4.78, 5) is 12.7. The van der Waals surface area contributed by atoms with E-state index in [1.807, 2.05) is 6.92 Å². The van der Waals surface area contributed by atoms with Gasteiger partial charge in [0.2, 0.25) is 0 Å². The molecule has 2 nitrogen and oxygen atoms in total. The van der Waals surface area contributed by atoms with E-state index in [4.69, 9.17) is 11.6 Å². The van der Waals surface area contributed by atoms with E-state index in [0.29, 0.717) is 0 Å². The van der Waals surface area contributed by atoms with Crippen molar-refractivity contribution >= 4 is 17.0 Å². The second kappa shape index (κ2) is 6.31. The molecule has 0 bridgehead atoms. The average Bonchev–Trinajstić information content (AvgIpc) is 2.27. The van der Waals surface area contributed by atoms with Crippen molar-refractivity contribution in [2.24, 2.45) is 11.3 Å². The second-order valence-corrected chi connectivity index (χ2v) is 5.80. The lowest BCUT2D eigenvalue weighted by Gasteiger charge is -2.31. The van der Waals surface area contributed by atoms with Crippen LogP contribution in [0.1, 0.15) is 46.5 Å². The van der Waals surface area contributed by atoms with E-state index in [9.17, 15) is 4.79 Å². The first-order chi connectivity index (χ1) is 7.94. The maximum atomic E-state index is 11.0. The molecule has 1 aliphatic heterocycles. The van der Waals surface area contributed by atoms with Crippen LogP contribution in [0.25, 0.3) is 0 Å². The molecule has 17 heavy (non-hydrogen) atoms. The van der Waals surface area contributed by atoms with Crippen LogP contribution in [0.15, 0.2) is 0 Å². The van der Waals surface area contributed by atoms with Gasteiger partial charge in [-0.15, -0.1) is 5.92 Å². The van der Waals surface area contributed by atoms with Crippen molar-refractivity contribution in [2.45, 2.75) is 46.5 Å². The number of halogens is 1. The Kier molecular flexibility index (Phi) is 5.33. The van der Waals surface area contributed by atoms with Gasteiger partial charge in [0.05, 0.1) is 0 Å². The van der Waals surface area contributed by atoms with Crippen LogP contribution in [0.5, 0.6) is 0 Å². The molecule has 0 saturated carbocycles. The minimum atomic E-state index is -0.305. The van der Waals surface area contributed by atoms with Gasteiger partial charge in [0.1, 0.15) is 0 Å². The molecule has 0 aromatic carbocycles. The Morgan fingerprint density at radius 2 is 2.00 bits per heavy atom. The number of carbonyl (C=O) groups is 1. The van der Waals surface area contributed by atoms with Gasteiger partial charge in [0, 0.05) is 18.5 Å². The lowest BCUT2D eigenvalue weighted by molar-refractivity contribution is 0.184. The number of nitrogens with zero attached hydrogens (tertiary/aromatic N) is 1. The normalized spacial score (nSPS) is 17.5. The molecular weight excluding hydrogens is 234 g/mol. The van der Waals surface area contributed by atoms with Crippen LogP contribution in [-0.4, -0.2) is 23.4 Å². The van der Waals surface area contributed by atoms with Gasteiger partial charge in [-0.2, -0.15) is 0 Å². The summed E-state index contributed by atoms with van der Waals surface area (Å²) in [6.07, 6.45) is 4.49. The van der Waals surface area contributed by atoms with Crippen LogP contribution in [0.3, 0.4) is 0 Å². The third-order valence-electron chi connectivity index (χ3n) is 3.50. The Bertz CT molecular complexity index is 319. The zero-order valence-electron chi connectivity index (χ0n) is 11.1. The molecule has 1 aliphatic rings. The SMILES string of the molecule is CC#CC(C)(C)CCC1CCN(C(=O)Cl)CC1. The fraction of sp³-hybridized carbons (Fsp3) is 0.786. The predicted molar refractivity (Wildman–Crippen MR) is 72.0 cm³/mol. The predicted octanol–water partition coefficient (Wildman–Crippen LogP) is 3.89. The maximum absolute atomic E-state index is 11.0. The van der Waals surface area contributed by atoms with Gasteiger partial charge >= 0.3 is 5.37 Å². The first-order valence-corrected chi connectivity index (χ1v) is 6.71. The van der Waals surface area contributed by atoms with Gasteiger partial charge in [-0.1, -0.05) is 5.92 Å². The van der Waals surface area contributed by atoms with Crippen molar-refractivity contribution in [1.29, 1.82) is 0 Å². The summed E-state index contributed by atoms with van der Waals surface area (Å²) in [5, 5.41) is -0.305. The van der Waals surface area contributed by atoms with Gasteiger partial charge in [0.15, 0.2) is 0 Å². The van der Waals surface area contributed by atoms with Crippen LogP contribution >= 0.6 is 11.6 Å². The number of rotatable bonds is 3. The monoisotopic (exact) mass is 255 g/mol. The van der Waals surface area contributed by atoms with Crippen molar-refractivity contribution in [1.82, 2.24) is 4.90 Å². The molecule has 0 spiro atoms. The number of hydrogen-bond acceptors (Lipinski definition) is 1. The topological polar surface area (TPSA) is 20.3 Å². The lowest BCUT2D eigenvalue weighted by Crippen LogP contribution is -2.35. The fourth-order valence-electron chi connectivity index (χ4n) is 2.36. The first-order valence-electron chi connectivity index (χ1n) is 6.33. The Balaban J connectivity index is 2.31. The third kappa shape index (κ3) is 5.00. The number of likely N-dealkylation sites (tertiary alicyclic amines) is 1. The van der Waals surface area contributed by atoms with Crippen molar-refractivity contribution in [3.05, 3.63) is 0 Å². The summed E-state index contributed by atoms with van der Waals surface area (Å²) in [6, 6.07) is 0. The van der Waals surface area contributed by atoms with Gasteiger partial charge in [-0.25, -0.2) is 0 Å². The quantitative estimate of drug-likeness (QED) is 0.426. The Labute approximate surface area is 110 Å². The lowest BCUT2D eigenvalue weighted by atomic mass is 9.82. The number of carbonyl (C=O) groups excluding carboxylic acids is 1. The first kappa shape index (κ1) is 14.4. The largest absolute Gasteiger partial charge is 0.329 e. The number of hydrogen-bond donors (Lipinski definition) is 0. The summed E-state index contributed by atoms with van der Waals surface area (Å²) < 4.78 is 0. The molecule has 1 heterocycles. The van der Waals surface area contributed by atoms with E-state index in [1.165, 1.54) is 6.42 Å². The molecule has 0 unspecified atom stereocenters. The molecule has 0 aromatic rings. The van der Waals surface area contributed by atoms with Crippen LogP contribution in [0.2, 0.25) is 0 Å². The van der Waals surface area contributed by atoms with Crippen LogP contribution in [0.4, 0.5) is 4.79 Å². The highest BCUT2D eigenvalue weighted by atomic mass is 35.5. The molecule has 3 heteroatoms. The molecular formula is C14H22ClNO. The standard InChI is InChI=1S/C14H22ClNO/c1-4-8-14(2,3)9-5-12-6-10-16(11-7-12)13(15)17/h12H,5-7,9-11H2,1-3H3. The summed E-state index contributed by atoms with van der Waals surface area (Å²) in [5.74, 6) is 6.97. The molecule has 0 N–H and O–H groups in total. The Hall–Kier alpha value is -0.680. The Morgan fingerprint density at radius 1 is 1.41 bits per heavy atom. The zero-order valence-corrected chi connectivity index (χ0v) is 11.8. The summed E-state index contributed by atoms with van der Waals surface area (Å²) >= 11 is 5.46. The maximum Gasteiger partial charge on any atom is 0.316 e. The van der Waals surface area contributed by atoms with E-state index in [2.05, 4.69) is 25.7 Å². The van der Waals surface area contributed by atoms with Crippen molar-refractivity contribution < 1.29 is 4.79 Å². The van der Waals surface area contributed by atoms with Crippen molar-refractivity contribution in [3.8, 4) is 11.8 Å². The highest BCUT2D eigenvalue weighted by molar-refractivity contribution is 6.62. The molecule has 0 radical (unpaired) electrons. The average molecular weight is 256 g/mol. The van der Waals surface area contributed by atoms with Crippen molar-refractivity contribution in [3.63, 3.8) is 0 Å². The Morgan fingerprint density at radius 3 is 2.47 bits per heavy atom. The molecule has 0 aliphatic carbocycles. The molecule has 1 fully saturated rings. The molecule has 96 valence electrons. The number of amides is 1. The highest BCUT2D eigenvalue weighted by Gasteiger charge is 2.23. The van der Waals surface area contributed by atoms with Crippen LogP contribution in [-0.2, 0) is 0 Å². The number of piperidine rings is 1. The minimum absolute atomic E-state index is 0.119. The smallest absolute Gasteiger partial charge is 0.316 e. The summed E-state index contributed by atoms with van der Waals surface area (Å²) in [6.45, 7) is 7.91. The van der Waals surface area contributed by atoms with E-state index in [-0.39, 0.29) is 10.8 Å². The fourth-order valence-corrected chi connectivity index (χ4v) is 2.53. The van der Waals surface area contributed by atoms with E-state index in [1.54, 1.807) is 4.90 Å². The third-order valence-corrected chi connectivity index (χ3v) is 3.74. The second-order valence-electron chi connectivity index (χ2n) is 5.48. The molecule has 1 amide bonds. The van der Waals surface area contributed by atoms with E-state index in [0.717, 1.165) is 38.3 Å². The zero-order chi connectivity index (χ0) is 12.9. The van der Waals surface area contributed by atoms with Gasteiger partial charge in [-0.05, 0) is 64.0 Å². The molecule has 0 atom stereocenters. The summed E-state index contributed by atoms with van der Waals surface area (Å²) in [7, 11) is 0. The van der Waals surface area contributed by atoms with Gasteiger partial charge in [0.25, 0.3) is 0 Å². The molecule has 0 aromatic heterocycles.